The quantitative estimate of drug-likeness (QED) is 0.0715. The van der Waals surface area contributed by atoms with E-state index in [1.54, 1.807) is 12.2 Å². The highest BCUT2D eigenvalue weighted by Gasteiger charge is 2.70. The molecule has 4 rings (SSSR count). The molecule has 8 nitrogen and oxygen atoms in total. The molecule has 0 unspecified atom stereocenters. The van der Waals surface area contributed by atoms with E-state index in [0.29, 0.717) is 19.4 Å². The summed E-state index contributed by atoms with van der Waals surface area (Å²) in [6, 6.07) is 0. The highest BCUT2D eigenvalue weighted by molar-refractivity contribution is 6.02. The van der Waals surface area contributed by atoms with Gasteiger partial charge in [-0.05, 0) is 81.3 Å². The van der Waals surface area contributed by atoms with E-state index in [4.69, 9.17) is 9.47 Å². The molecule has 0 amide bonds. The van der Waals surface area contributed by atoms with Crippen LogP contribution in [0.15, 0.2) is 36.0 Å². The van der Waals surface area contributed by atoms with Crippen molar-refractivity contribution in [3.63, 3.8) is 0 Å². The summed E-state index contributed by atoms with van der Waals surface area (Å²) in [6.45, 7) is 7.67. The second-order valence-corrected chi connectivity index (χ2v) is 16.3. The van der Waals surface area contributed by atoms with E-state index in [2.05, 4.69) is 19.1 Å². The molecule has 284 valence electrons. The smallest absolute Gasteiger partial charge is 0.306 e. The fourth-order valence-corrected chi connectivity index (χ4v) is 9.92. The number of rotatable bonds is 21. The third-order valence-electron chi connectivity index (χ3n) is 12.8. The number of hydrogen-bond donors (Lipinski definition) is 1. The van der Waals surface area contributed by atoms with Gasteiger partial charge in [0, 0.05) is 23.2 Å². The average Bonchev–Trinajstić information content (AvgIpc) is 3.30. The fraction of sp³-hybridized carbons (Fsp3) is 0.744. The lowest BCUT2D eigenvalue weighted by molar-refractivity contribution is -0.176. The van der Waals surface area contributed by atoms with Crippen molar-refractivity contribution in [2.75, 3.05) is 13.2 Å². The number of unbranched alkanes of at least 4 members (excludes halogenated alkanes) is 11. The van der Waals surface area contributed by atoms with E-state index < -0.39 is 46.7 Å². The monoisotopic (exact) mass is 708 g/mol. The van der Waals surface area contributed by atoms with Crippen LogP contribution in [0.25, 0.3) is 0 Å². The molecule has 0 spiro atoms. The number of carbonyl (C=O) groups excluding carboxylic acids is 5. The first-order valence-corrected chi connectivity index (χ1v) is 20.1. The lowest BCUT2D eigenvalue weighted by Crippen LogP contribution is -2.62. The Kier molecular flexibility index (Phi) is 15.0. The van der Waals surface area contributed by atoms with Gasteiger partial charge in [0.25, 0.3) is 0 Å². The molecule has 0 saturated heterocycles. The van der Waals surface area contributed by atoms with E-state index in [0.717, 1.165) is 37.7 Å². The SMILES string of the molecule is CCCCCCC/C=C\CCCCCCCCOC(=O)CCC(=O)OCC(=O)[C@@]1(O)[C@H](C)C[C@H]2[C@@H]3CCC4=CC(=O)C=C[C@]4(C)[C@H]3C(=O)C[C@@]21C. The average molecular weight is 709 g/mol. The van der Waals surface area contributed by atoms with E-state index in [1.165, 1.54) is 57.8 Å². The minimum absolute atomic E-state index is 0.00341. The normalized spacial score (nSPS) is 31.2. The molecule has 3 saturated carbocycles. The number of fused-ring (bicyclic) bond motifs is 5. The maximum absolute atomic E-state index is 13.9. The third kappa shape index (κ3) is 9.57. The molecule has 0 bridgehead atoms. The summed E-state index contributed by atoms with van der Waals surface area (Å²) in [7, 11) is 0. The number of aliphatic hydroxyl groups is 1. The lowest BCUT2D eigenvalue weighted by atomic mass is 9.46. The van der Waals surface area contributed by atoms with E-state index >= 15 is 0 Å². The summed E-state index contributed by atoms with van der Waals surface area (Å²) in [5.41, 5.74) is -2.36. The highest BCUT2D eigenvalue weighted by Crippen LogP contribution is 2.67. The molecule has 0 aromatic carbocycles. The Morgan fingerprint density at radius 2 is 1.49 bits per heavy atom. The number of esters is 2. The Bertz CT molecular complexity index is 1340. The van der Waals surface area contributed by atoms with Gasteiger partial charge in [-0.1, -0.05) is 103 Å². The van der Waals surface area contributed by atoms with E-state index in [9.17, 15) is 29.1 Å². The van der Waals surface area contributed by atoms with Crippen molar-refractivity contribution >= 4 is 29.3 Å². The molecule has 0 aliphatic heterocycles. The predicted molar refractivity (Wildman–Crippen MR) is 197 cm³/mol. The van der Waals surface area contributed by atoms with Gasteiger partial charge >= 0.3 is 11.9 Å². The number of ketones is 3. The molecular formula is C43H64O8. The molecule has 0 heterocycles. The number of ether oxygens (including phenoxy) is 2. The molecule has 0 aromatic heterocycles. The standard InChI is InChI=1S/C43H64O8/c1-5-6-7-8-9-10-11-12-13-14-15-16-17-18-19-26-50-38(47)22-23-39(48)51-30-37(46)43(49)31(2)27-35-34-21-20-32-28-33(44)24-25-41(32,3)40(34)36(45)29-42(35,43)4/h11-12,24-25,28,31,34-35,40,49H,5-10,13-23,26-27,29-30H2,1-4H3/b12-11-/t31-,34+,35+,40-,41+,42+,43+/m1/s1. The third-order valence-corrected chi connectivity index (χ3v) is 12.8. The molecule has 3 fully saturated rings. The largest absolute Gasteiger partial charge is 0.466 e. The van der Waals surface area contributed by atoms with Gasteiger partial charge in [0.15, 0.2) is 12.4 Å². The van der Waals surface area contributed by atoms with Crippen molar-refractivity contribution < 1.29 is 38.6 Å². The minimum atomic E-state index is -1.82. The van der Waals surface area contributed by atoms with Gasteiger partial charge in [0.05, 0.1) is 19.4 Å². The molecule has 1 N–H and O–H groups in total. The van der Waals surface area contributed by atoms with Crippen molar-refractivity contribution in [1.82, 2.24) is 0 Å². The Labute approximate surface area is 306 Å². The van der Waals surface area contributed by atoms with Crippen LogP contribution >= 0.6 is 0 Å². The molecule has 8 heteroatoms. The topological polar surface area (TPSA) is 124 Å². The zero-order valence-corrected chi connectivity index (χ0v) is 31.9. The van der Waals surface area contributed by atoms with Crippen LogP contribution in [0.5, 0.6) is 0 Å². The molecule has 4 aliphatic carbocycles. The molecule has 0 radical (unpaired) electrons. The van der Waals surface area contributed by atoms with Crippen LogP contribution < -0.4 is 0 Å². The van der Waals surface area contributed by atoms with Crippen LogP contribution in [0.4, 0.5) is 0 Å². The zero-order chi connectivity index (χ0) is 37.1. The summed E-state index contributed by atoms with van der Waals surface area (Å²) in [5, 5.41) is 12.1. The zero-order valence-electron chi connectivity index (χ0n) is 31.9. The van der Waals surface area contributed by atoms with Crippen LogP contribution in [-0.4, -0.2) is 53.2 Å². The van der Waals surface area contributed by atoms with Gasteiger partial charge < -0.3 is 14.6 Å². The Balaban J connectivity index is 1.11. The first-order chi connectivity index (χ1) is 24.4. The van der Waals surface area contributed by atoms with Crippen LogP contribution in [0.2, 0.25) is 0 Å². The molecule has 7 atom stereocenters. The maximum Gasteiger partial charge on any atom is 0.306 e. The van der Waals surface area contributed by atoms with Gasteiger partial charge in [0.1, 0.15) is 11.4 Å². The Hall–Kier alpha value is -2.87. The van der Waals surface area contributed by atoms with Crippen LogP contribution in [0, 0.1) is 34.5 Å². The van der Waals surface area contributed by atoms with Crippen molar-refractivity contribution in [2.24, 2.45) is 34.5 Å². The van der Waals surface area contributed by atoms with Crippen LogP contribution in [0.1, 0.15) is 150 Å². The summed E-state index contributed by atoms with van der Waals surface area (Å²) in [5.74, 6) is -2.65. The maximum atomic E-state index is 13.9. The fourth-order valence-electron chi connectivity index (χ4n) is 9.92. The molecular weight excluding hydrogens is 644 g/mol. The van der Waals surface area contributed by atoms with Crippen molar-refractivity contribution in [3.05, 3.63) is 36.0 Å². The van der Waals surface area contributed by atoms with Gasteiger partial charge in [-0.25, -0.2) is 0 Å². The molecule has 4 aliphatic rings. The van der Waals surface area contributed by atoms with E-state index in [1.807, 2.05) is 26.8 Å². The first kappa shape index (κ1) is 40.9. The summed E-state index contributed by atoms with van der Waals surface area (Å²) in [6.07, 6.45) is 26.9. The molecule has 51 heavy (non-hydrogen) atoms. The van der Waals surface area contributed by atoms with Crippen LogP contribution in [-0.2, 0) is 33.4 Å². The second kappa shape index (κ2) is 18.8. The minimum Gasteiger partial charge on any atom is -0.466 e. The highest BCUT2D eigenvalue weighted by atomic mass is 16.5. The molecule has 0 aromatic rings. The number of allylic oxidation sites excluding steroid dienone is 6. The van der Waals surface area contributed by atoms with Crippen LogP contribution in [0.3, 0.4) is 0 Å². The predicted octanol–water partition coefficient (Wildman–Crippen LogP) is 8.53. The number of Topliss-reactive ketones (excluding diaryl/α,β-unsaturated/α-hetero) is 2. The summed E-state index contributed by atoms with van der Waals surface area (Å²) >= 11 is 0. The summed E-state index contributed by atoms with van der Waals surface area (Å²) < 4.78 is 10.6. The van der Waals surface area contributed by atoms with Gasteiger partial charge in [-0.3, -0.25) is 24.0 Å². The summed E-state index contributed by atoms with van der Waals surface area (Å²) in [4.78, 5) is 64.3. The van der Waals surface area contributed by atoms with E-state index in [-0.39, 0.29) is 48.6 Å². The first-order valence-electron chi connectivity index (χ1n) is 20.1. The van der Waals surface area contributed by atoms with Crippen molar-refractivity contribution in [2.45, 2.75) is 155 Å². The lowest BCUT2D eigenvalue weighted by Gasteiger charge is -2.56. The van der Waals surface area contributed by atoms with Gasteiger partial charge in [-0.15, -0.1) is 0 Å². The number of carbonyl (C=O) groups is 5. The Morgan fingerprint density at radius 3 is 2.16 bits per heavy atom. The van der Waals surface area contributed by atoms with Gasteiger partial charge in [0.2, 0.25) is 5.78 Å². The van der Waals surface area contributed by atoms with Gasteiger partial charge in [-0.2, -0.15) is 0 Å². The van der Waals surface area contributed by atoms with Crippen molar-refractivity contribution in [1.29, 1.82) is 0 Å². The van der Waals surface area contributed by atoms with Crippen molar-refractivity contribution in [3.8, 4) is 0 Å². The second-order valence-electron chi connectivity index (χ2n) is 16.3. The Morgan fingerprint density at radius 1 is 0.882 bits per heavy atom. The number of hydrogen-bond acceptors (Lipinski definition) is 8.